The predicted octanol–water partition coefficient (Wildman–Crippen LogP) is 2.95. The first-order chi connectivity index (χ1) is 8.09. The number of aliphatic hydroxyl groups excluding tert-OH is 1. The summed E-state index contributed by atoms with van der Waals surface area (Å²) in [6.45, 7) is 4.03. The summed E-state index contributed by atoms with van der Waals surface area (Å²) in [5, 5.41) is 11.5. The lowest BCUT2D eigenvalue weighted by Gasteiger charge is -2.31. The lowest BCUT2D eigenvalue weighted by atomic mass is 9.98. The summed E-state index contributed by atoms with van der Waals surface area (Å²) < 4.78 is 65.3. The van der Waals surface area contributed by atoms with E-state index < -0.39 is 46.4 Å². The van der Waals surface area contributed by atoms with E-state index in [0.717, 1.165) is 0 Å². The zero-order valence-corrected chi connectivity index (χ0v) is 9.91. The largest absolute Gasteiger partial charge is 0.391 e. The molecule has 1 aromatic rings. The number of halogens is 5. The van der Waals surface area contributed by atoms with E-state index >= 15 is 0 Å². The Kier molecular flexibility index (Phi) is 3.85. The van der Waals surface area contributed by atoms with E-state index in [0.29, 0.717) is 0 Å². The molecule has 1 atom stereocenters. The molecule has 0 heterocycles. The molecule has 1 aromatic carbocycles. The first-order valence-corrected chi connectivity index (χ1v) is 5.07. The normalized spacial score (nSPS) is 13.6. The molecule has 1 unspecified atom stereocenters. The van der Waals surface area contributed by atoms with Gasteiger partial charge in [-0.1, -0.05) is 0 Å². The van der Waals surface area contributed by atoms with Gasteiger partial charge in [0.25, 0.3) is 0 Å². The summed E-state index contributed by atoms with van der Waals surface area (Å²) >= 11 is 0. The van der Waals surface area contributed by atoms with Crippen LogP contribution >= 0.6 is 0 Å². The summed E-state index contributed by atoms with van der Waals surface area (Å²) in [7, 11) is 0. The van der Waals surface area contributed by atoms with Gasteiger partial charge in [0.15, 0.2) is 23.3 Å². The maximum atomic E-state index is 13.3. The molecule has 1 rings (SSSR count). The van der Waals surface area contributed by atoms with Gasteiger partial charge in [-0.05, 0) is 20.8 Å². The van der Waals surface area contributed by atoms with Gasteiger partial charge >= 0.3 is 0 Å². The smallest absolute Gasteiger partial charge is 0.200 e. The molecule has 18 heavy (non-hydrogen) atoms. The molecule has 0 fully saturated rings. The van der Waals surface area contributed by atoms with Crippen LogP contribution in [0.15, 0.2) is 0 Å². The van der Waals surface area contributed by atoms with E-state index in [1.165, 1.54) is 20.8 Å². The zero-order valence-electron chi connectivity index (χ0n) is 9.91. The van der Waals surface area contributed by atoms with Crippen molar-refractivity contribution < 1.29 is 27.1 Å². The quantitative estimate of drug-likeness (QED) is 0.502. The average molecular weight is 269 g/mol. The minimum absolute atomic E-state index is 1.08. The second kappa shape index (κ2) is 4.72. The SMILES string of the molecule is CC(O)C(C)(C)Nc1c(F)c(F)c(F)c(F)c1F. The third-order valence-corrected chi connectivity index (χ3v) is 2.70. The van der Waals surface area contributed by atoms with Crippen LogP contribution in [-0.2, 0) is 0 Å². The number of hydrogen-bond acceptors (Lipinski definition) is 2. The predicted molar refractivity (Wildman–Crippen MR) is 55.6 cm³/mol. The summed E-state index contributed by atoms with van der Waals surface area (Å²) in [4.78, 5) is 0. The standard InChI is InChI=1S/C11H12F5NO/c1-4(18)11(2,3)17-10-8(15)6(13)5(12)7(14)9(10)16/h4,17-18H,1-3H3. The summed E-state index contributed by atoms with van der Waals surface area (Å²) in [5.74, 6) is -10.2. The van der Waals surface area contributed by atoms with E-state index in [-0.39, 0.29) is 0 Å². The molecule has 0 aliphatic heterocycles. The van der Waals surface area contributed by atoms with Crippen molar-refractivity contribution in [1.82, 2.24) is 0 Å². The monoisotopic (exact) mass is 269 g/mol. The molecule has 0 amide bonds. The van der Waals surface area contributed by atoms with Gasteiger partial charge in [-0.25, -0.2) is 22.0 Å². The van der Waals surface area contributed by atoms with Crippen molar-refractivity contribution in [2.45, 2.75) is 32.4 Å². The van der Waals surface area contributed by atoms with Crippen molar-refractivity contribution >= 4 is 5.69 Å². The second-order valence-electron chi connectivity index (χ2n) is 4.47. The molecule has 7 heteroatoms. The molecule has 0 aliphatic rings. The van der Waals surface area contributed by atoms with Crippen molar-refractivity contribution in [3.63, 3.8) is 0 Å². The van der Waals surface area contributed by atoms with Gasteiger partial charge in [-0.15, -0.1) is 0 Å². The average Bonchev–Trinajstić information content (AvgIpc) is 2.29. The van der Waals surface area contributed by atoms with E-state index in [1.54, 1.807) is 0 Å². The van der Waals surface area contributed by atoms with Crippen LogP contribution in [0.2, 0.25) is 0 Å². The first kappa shape index (κ1) is 14.7. The van der Waals surface area contributed by atoms with E-state index in [9.17, 15) is 27.1 Å². The van der Waals surface area contributed by atoms with E-state index in [1.807, 2.05) is 0 Å². The molecule has 0 spiro atoms. The van der Waals surface area contributed by atoms with Gasteiger partial charge in [0.1, 0.15) is 5.69 Å². The van der Waals surface area contributed by atoms with Crippen LogP contribution < -0.4 is 5.32 Å². The molecule has 102 valence electrons. The van der Waals surface area contributed by atoms with Crippen LogP contribution in [0.25, 0.3) is 0 Å². The van der Waals surface area contributed by atoms with Gasteiger partial charge in [-0.2, -0.15) is 0 Å². The van der Waals surface area contributed by atoms with Crippen molar-refractivity contribution in [2.24, 2.45) is 0 Å². The molecule has 0 aliphatic carbocycles. The van der Waals surface area contributed by atoms with E-state index in [2.05, 4.69) is 5.32 Å². The van der Waals surface area contributed by atoms with Gasteiger partial charge in [-0.3, -0.25) is 0 Å². The Hall–Kier alpha value is -1.37. The van der Waals surface area contributed by atoms with Crippen LogP contribution in [0.1, 0.15) is 20.8 Å². The number of benzene rings is 1. The van der Waals surface area contributed by atoms with E-state index in [4.69, 9.17) is 0 Å². The van der Waals surface area contributed by atoms with Crippen LogP contribution in [0.5, 0.6) is 0 Å². The maximum absolute atomic E-state index is 13.3. The number of nitrogens with one attached hydrogen (secondary N) is 1. The Morgan fingerprint density at radius 1 is 0.889 bits per heavy atom. The van der Waals surface area contributed by atoms with Crippen LogP contribution in [0.3, 0.4) is 0 Å². The number of anilines is 1. The van der Waals surface area contributed by atoms with Crippen molar-refractivity contribution in [2.75, 3.05) is 5.32 Å². The Morgan fingerprint density at radius 2 is 1.22 bits per heavy atom. The minimum Gasteiger partial charge on any atom is -0.391 e. The molecule has 0 saturated carbocycles. The third-order valence-electron chi connectivity index (χ3n) is 2.70. The fourth-order valence-corrected chi connectivity index (χ4v) is 1.14. The molecule has 2 N–H and O–H groups in total. The Morgan fingerprint density at radius 3 is 1.56 bits per heavy atom. The van der Waals surface area contributed by atoms with Crippen LogP contribution in [-0.4, -0.2) is 16.7 Å². The topological polar surface area (TPSA) is 32.3 Å². The van der Waals surface area contributed by atoms with Gasteiger partial charge < -0.3 is 10.4 Å². The molecular formula is C11H12F5NO. The minimum atomic E-state index is -2.22. The Balaban J connectivity index is 3.35. The Labute approximate surface area is 100 Å². The molecule has 0 aromatic heterocycles. The highest BCUT2D eigenvalue weighted by Gasteiger charge is 2.31. The number of rotatable bonds is 3. The van der Waals surface area contributed by atoms with Crippen molar-refractivity contribution in [3.05, 3.63) is 29.1 Å². The van der Waals surface area contributed by atoms with Gasteiger partial charge in [0.2, 0.25) is 5.82 Å². The lowest BCUT2D eigenvalue weighted by molar-refractivity contribution is 0.132. The summed E-state index contributed by atoms with van der Waals surface area (Å²) in [5.41, 5.74) is -2.42. The van der Waals surface area contributed by atoms with Gasteiger partial charge in [0.05, 0.1) is 11.6 Å². The highest BCUT2D eigenvalue weighted by Crippen LogP contribution is 2.30. The molecule has 2 nitrogen and oxygen atoms in total. The molecule has 0 bridgehead atoms. The van der Waals surface area contributed by atoms with Crippen LogP contribution in [0, 0.1) is 29.1 Å². The van der Waals surface area contributed by atoms with Crippen molar-refractivity contribution in [1.29, 1.82) is 0 Å². The molecule has 0 radical (unpaired) electrons. The molecular weight excluding hydrogens is 257 g/mol. The second-order valence-corrected chi connectivity index (χ2v) is 4.47. The Bertz CT molecular complexity index is 444. The fraction of sp³-hybridized carbons (Fsp3) is 0.455. The van der Waals surface area contributed by atoms with Gasteiger partial charge in [0, 0.05) is 0 Å². The number of hydrogen-bond donors (Lipinski definition) is 2. The third kappa shape index (κ3) is 2.40. The maximum Gasteiger partial charge on any atom is 0.200 e. The highest BCUT2D eigenvalue weighted by molar-refractivity contribution is 5.49. The number of aliphatic hydroxyl groups is 1. The lowest BCUT2D eigenvalue weighted by Crippen LogP contribution is -2.42. The fourth-order valence-electron chi connectivity index (χ4n) is 1.14. The summed E-state index contributed by atoms with van der Waals surface area (Å²) in [6.07, 6.45) is -1.08. The first-order valence-electron chi connectivity index (χ1n) is 5.07. The van der Waals surface area contributed by atoms with Crippen LogP contribution in [0.4, 0.5) is 27.6 Å². The highest BCUT2D eigenvalue weighted by atomic mass is 19.2. The molecule has 0 saturated heterocycles. The van der Waals surface area contributed by atoms with Crippen molar-refractivity contribution in [3.8, 4) is 0 Å². The zero-order chi connectivity index (χ0) is 14.2. The summed E-state index contributed by atoms with van der Waals surface area (Å²) in [6, 6.07) is 0.